The van der Waals surface area contributed by atoms with Crippen LogP contribution in [-0.2, 0) is 4.79 Å². The molecule has 3 aromatic rings. The second-order valence-corrected chi connectivity index (χ2v) is 6.33. The van der Waals surface area contributed by atoms with E-state index in [9.17, 15) is 4.79 Å². The predicted molar refractivity (Wildman–Crippen MR) is 103 cm³/mol. The van der Waals surface area contributed by atoms with E-state index in [1.807, 2.05) is 67.8 Å². The Balaban J connectivity index is 1.75. The number of nitrogens with one attached hydrogen (secondary N) is 1. The lowest BCUT2D eigenvalue weighted by Crippen LogP contribution is -2.08. The maximum absolute atomic E-state index is 11.4. The van der Waals surface area contributed by atoms with Crippen LogP contribution in [-0.4, -0.2) is 17.5 Å². The Labute approximate surface area is 151 Å². The van der Waals surface area contributed by atoms with E-state index in [-0.39, 0.29) is 5.91 Å². The molecule has 0 aliphatic carbocycles. The van der Waals surface area contributed by atoms with Crippen molar-refractivity contribution in [1.29, 1.82) is 0 Å². The number of thiazole rings is 1. The molecule has 0 unspecified atom stereocenters. The van der Waals surface area contributed by atoms with Crippen LogP contribution in [0, 0.1) is 0 Å². The van der Waals surface area contributed by atoms with Crippen molar-refractivity contribution in [3.8, 4) is 27.6 Å². The summed E-state index contributed by atoms with van der Waals surface area (Å²) in [6.45, 7) is 4.47. The number of hydrogen-bond donors (Lipinski definition) is 1. The predicted octanol–water partition coefficient (Wildman–Crippen LogP) is 5.22. The van der Waals surface area contributed by atoms with Crippen LogP contribution in [0.4, 0.5) is 5.69 Å². The van der Waals surface area contributed by atoms with E-state index in [1.165, 1.54) is 0 Å². The summed E-state index contributed by atoms with van der Waals surface area (Å²) in [7, 11) is 0. The smallest absolute Gasteiger partial charge is 0.224 e. The monoisotopic (exact) mass is 352 g/mol. The van der Waals surface area contributed by atoms with Gasteiger partial charge in [-0.3, -0.25) is 4.79 Å². The molecule has 0 fully saturated rings. The molecule has 1 amide bonds. The summed E-state index contributed by atoms with van der Waals surface area (Å²) in [5.74, 6) is 0.881. The number of nitrogens with zero attached hydrogens (tertiary/aromatic N) is 1. The van der Waals surface area contributed by atoms with Gasteiger partial charge in [-0.25, -0.2) is 4.98 Å². The van der Waals surface area contributed by atoms with Gasteiger partial charge in [-0.15, -0.1) is 11.3 Å². The molecule has 0 atom stereocenters. The minimum Gasteiger partial charge on any atom is -0.494 e. The summed E-state index contributed by atoms with van der Waals surface area (Å²) >= 11 is 1.61. The van der Waals surface area contributed by atoms with Gasteiger partial charge >= 0.3 is 0 Å². The first-order valence-corrected chi connectivity index (χ1v) is 9.16. The van der Waals surface area contributed by atoms with Gasteiger partial charge in [-0.1, -0.05) is 19.1 Å². The fraction of sp³-hybridized carbons (Fsp3) is 0.200. The van der Waals surface area contributed by atoms with E-state index in [2.05, 4.69) is 5.32 Å². The molecule has 0 aliphatic rings. The summed E-state index contributed by atoms with van der Waals surface area (Å²) in [5, 5.41) is 5.87. The van der Waals surface area contributed by atoms with Gasteiger partial charge in [-0.2, -0.15) is 0 Å². The Morgan fingerprint density at radius 3 is 2.36 bits per heavy atom. The quantitative estimate of drug-likeness (QED) is 0.661. The molecule has 5 heteroatoms. The van der Waals surface area contributed by atoms with Gasteiger partial charge in [0.15, 0.2) is 0 Å². The van der Waals surface area contributed by atoms with Gasteiger partial charge in [0.25, 0.3) is 0 Å². The average molecular weight is 352 g/mol. The van der Waals surface area contributed by atoms with Crippen molar-refractivity contribution in [3.63, 3.8) is 0 Å². The Morgan fingerprint density at radius 1 is 1.04 bits per heavy atom. The largest absolute Gasteiger partial charge is 0.494 e. The second kappa shape index (κ2) is 7.94. The molecule has 128 valence electrons. The summed E-state index contributed by atoms with van der Waals surface area (Å²) in [6.07, 6.45) is 0.472. The molecule has 0 saturated carbocycles. The number of rotatable bonds is 6. The first kappa shape index (κ1) is 17.2. The van der Waals surface area contributed by atoms with Gasteiger partial charge in [0.2, 0.25) is 5.91 Å². The lowest BCUT2D eigenvalue weighted by atomic mass is 10.1. The SMILES string of the molecule is CCOc1ccc(-c2nc(-c3ccc(NC(=O)CC)cc3)cs2)cc1. The molecule has 0 saturated heterocycles. The standard InChI is InChI=1S/C20H20N2O2S/c1-3-19(23)21-16-9-5-14(6-10-16)18-13-25-20(22-18)15-7-11-17(12-8-15)24-4-2/h5-13H,3-4H2,1-2H3,(H,21,23). The number of hydrogen-bond acceptors (Lipinski definition) is 4. The first-order chi connectivity index (χ1) is 12.2. The van der Waals surface area contributed by atoms with Crippen LogP contribution in [0.1, 0.15) is 20.3 Å². The Morgan fingerprint density at radius 2 is 1.72 bits per heavy atom. The van der Waals surface area contributed by atoms with Crippen molar-refractivity contribution in [2.75, 3.05) is 11.9 Å². The normalized spacial score (nSPS) is 10.5. The molecular formula is C20H20N2O2S. The van der Waals surface area contributed by atoms with Crippen molar-refractivity contribution >= 4 is 22.9 Å². The zero-order valence-electron chi connectivity index (χ0n) is 14.3. The van der Waals surface area contributed by atoms with Crippen LogP contribution < -0.4 is 10.1 Å². The van der Waals surface area contributed by atoms with Gasteiger partial charge in [0, 0.05) is 28.6 Å². The van der Waals surface area contributed by atoms with Crippen molar-refractivity contribution < 1.29 is 9.53 Å². The molecular weight excluding hydrogens is 332 g/mol. The highest BCUT2D eigenvalue weighted by atomic mass is 32.1. The molecule has 3 rings (SSSR count). The number of carbonyl (C=O) groups excluding carboxylic acids is 1. The first-order valence-electron chi connectivity index (χ1n) is 8.28. The topological polar surface area (TPSA) is 51.2 Å². The minimum atomic E-state index is 0.0131. The van der Waals surface area contributed by atoms with Crippen LogP contribution in [0.2, 0.25) is 0 Å². The van der Waals surface area contributed by atoms with Crippen LogP contribution in [0.5, 0.6) is 5.75 Å². The molecule has 0 bridgehead atoms. The molecule has 1 heterocycles. The summed E-state index contributed by atoms with van der Waals surface area (Å²) in [6, 6.07) is 15.7. The van der Waals surface area contributed by atoms with Crippen LogP contribution >= 0.6 is 11.3 Å². The Kier molecular flexibility index (Phi) is 5.46. The fourth-order valence-corrected chi connectivity index (χ4v) is 3.21. The maximum atomic E-state index is 11.4. The summed E-state index contributed by atoms with van der Waals surface area (Å²) in [4.78, 5) is 16.2. The zero-order valence-corrected chi connectivity index (χ0v) is 15.1. The minimum absolute atomic E-state index is 0.0131. The average Bonchev–Trinajstić information content (AvgIpc) is 3.13. The van der Waals surface area contributed by atoms with Gasteiger partial charge in [-0.05, 0) is 43.3 Å². The van der Waals surface area contributed by atoms with Gasteiger partial charge < -0.3 is 10.1 Å². The molecule has 0 spiro atoms. The molecule has 2 aromatic carbocycles. The zero-order chi connectivity index (χ0) is 17.6. The summed E-state index contributed by atoms with van der Waals surface area (Å²) < 4.78 is 5.47. The Hall–Kier alpha value is -2.66. The third kappa shape index (κ3) is 4.25. The number of benzene rings is 2. The van der Waals surface area contributed by atoms with Crippen molar-refractivity contribution in [2.24, 2.45) is 0 Å². The number of amides is 1. The number of ether oxygens (including phenoxy) is 1. The van der Waals surface area contributed by atoms with Crippen molar-refractivity contribution in [2.45, 2.75) is 20.3 Å². The lowest BCUT2D eigenvalue weighted by molar-refractivity contribution is -0.115. The Bertz CT molecular complexity index is 839. The lowest BCUT2D eigenvalue weighted by Gasteiger charge is -2.04. The molecule has 0 radical (unpaired) electrons. The molecule has 0 aliphatic heterocycles. The van der Waals surface area contributed by atoms with E-state index >= 15 is 0 Å². The number of carbonyl (C=O) groups is 1. The van der Waals surface area contributed by atoms with E-state index in [0.29, 0.717) is 13.0 Å². The van der Waals surface area contributed by atoms with Crippen LogP contribution in [0.25, 0.3) is 21.8 Å². The van der Waals surface area contributed by atoms with E-state index in [0.717, 1.165) is 33.3 Å². The third-order valence-electron chi connectivity index (χ3n) is 3.70. The van der Waals surface area contributed by atoms with Crippen molar-refractivity contribution in [1.82, 2.24) is 4.98 Å². The highest BCUT2D eigenvalue weighted by Gasteiger charge is 2.07. The van der Waals surface area contributed by atoms with Gasteiger partial charge in [0.1, 0.15) is 10.8 Å². The van der Waals surface area contributed by atoms with E-state index in [1.54, 1.807) is 11.3 Å². The fourth-order valence-electron chi connectivity index (χ4n) is 2.37. The highest BCUT2D eigenvalue weighted by Crippen LogP contribution is 2.30. The second-order valence-electron chi connectivity index (χ2n) is 5.47. The van der Waals surface area contributed by atoms with Crippen LogP contribution in [0.3, 0.4) is 0 Å². The number of aromatic nitrogens is 1. The molecule has 1 N–H and O–H groups in total. The van der Waals surface area contributed by atoms with E-state index in [4.69, 9.17) is 9.72 Å². The summed E-state index contributed by atoms with van der Waals surface area (Å²) in [5.41, 5.74) is 3.84. The molecule has 25 heavy (non-hydrogen) atoms. The molecule has 1 aromatic heterocycles. The van der Waals surface area contributed by atoms with Gasteiger partial charge in [0.05, 0.1) is 12.3 Å². The third-order valence-corrected chi connectivity index (χ3v) is 4.59. The highest BCUT2D eigenvalue weighted by molar-refractivity contribution is 7.13. The van der Waals surface area contributed by atoms with E-state index < -0.39 is 0 Å². The van der Waals surface area contributed by atoms with Crippen LogP contribution in [0.15, 0.2) is 53.9 Å². The molecule has 4 nitrogen and oxygen atoms in total. The van der Waals surface area contributed by atoms with Crippen molar-refractivity contribution in [3.05, 3.63) is 53.9 Å². The number of anilines is 1. The maximum Gasteiger partial charge on any atom is 0.224 e.